The lowest BCUT2D eigenvalue weighted by Crippen LogP contribution is -2.45. The van der Waals surface area contributed by atoms with Gasteiger partial charge in [0.15, 0.2) is 0 Å². The predicted octanol–water partition coefficient (Wildman–Crippen LogP) is 1.34. The Morgan fingerprint density at radius 2 is 1.85 bits per heavy atom. The third-order valence-corrected chi connectivity index (χ3v) is 5.29. The fourth-order valence-electron chi connectivity index (χ4n) is 3.61. The minimum absolute atomic E-state index is 0.0548. The molecule has 0 spiro atoms. The molecule has 3 rings (SSSR count). The van der Waals surface area contributed by atoms with Crippen LogP contribution in [-0.4, -0.2) is 71.4 Å². The molecule has 7 nitrogen and oxygen atoms in total. The number of aromatic nitrogens is 2. The number of aryl methyl sites for hydroxylation is 1. The quantitative estimate of drug-likeness (QED) is 0.871. The summed E-state index contributed by atoms with van der Waals surface area (Å²) in [5, 5.41) is 10.0. The second kappa shape index (κ2) is 8.31. The van der Waals surface area contributed by atoms with Gasteiger partial charge in [-0.3, -0.25) is 4.79 Å². The minimum Gasteiger partial charge on any atom is -0.383 e. The number of morpholine rings is 1. The van der Waals surface area contributed by atoms with Crippen molar-refractivity contribution in [2.75, 3.05) is 44.3 Å². The van der Waals surface area contributed by atoms with E-state index in [0.717, 1.165) is 56.5 Å². The van der Waals surface area contributed by atoms with Gasteiger partial charge in [0.2, 0.25) is 0 Å². The Kier molecular flexibility index (Phi) is 6.09. The van der Waals surface area contributed by atoms with Gasteiger partial charge < -0.3 is 19.6 Å². The summed E-state index contributed by atoms with van der Waals surface area (Å²) < 4.78 is 5.43. The Balaban J connectivity index is 1.65. The Morgan fingerprint density at radius 3 is 2.46 bits per heavy atom. The van der Waals surface area contributed by atoms with Crippen molar-refractivity contribution in [1.29, 1.82) is 0 Å². The molecule has 2 aliphatic rings. The number of anilines is 1. The Labute approximate surface area is 155 Å². The summed E-state index contributed by atoms with van der Waals surface area (Å²) in [5.74, 6) is 1.89. The number of hydrogen-bond acceptors (Lipinski definition) is 6. The number of hydrogen-bond donors (Lipinski definition) is 1. The van der Waals surface area contributed by atoms with Crippen molar-refractivity contribution in [2.24, 2.45) is 5.92 Å². The zero-order valence-electron chi connectivity index (χ0n) is 16.0. The lowest BCUT2D eigenvalue weighted by Gasteiger charge is -2.34. The molecule has 3 heterocycles. The average molecular weight is 362 g/mol. The van der Waals surface area contributed by atoms with Gasteiger partial charge in [0.25, 0.3) is 5.91 Å². The summed E-state index contributed by atoms with van der Waals surface area (Å²) in [6.45, 7) is 10.2. The van der Waals surface area contributed by atoms with Crippen LogP contribution in [0.25, 0.3) is 0 Å². The van der Waals surface area contributed by atoms with Gasteiger partial charge in [-0.15, -0.1) is 0 Å². The first kappa shape index (κ1) is 19.0. The van der Waals surface area contributed by atoms with Gasteiger partial charge >= 0.3 is 0 Å². The molecule has 144 valence electrons. The number of ether oxygens (including phenoxy) is 1. The van der Waals surface area contributed by atoms with Gasteiger partial charge in [-0.05, 0) is 25.7 Å². The van der Waals surface area contributed by atoms with Crippen LogP contribution in [-0.2, 0) is 9.53 Å². The molecule has 0 unspecified atom stereocenters. The zero-order chi connectivity index (χ0) is 18.7. The lowest BCUT2D eigenvalue weighted by atomic mass is 9.92. The Morgan fingerprint density at radius 1 is 1.19 bits per heavy atom. The zero-order valence-corrected chi connectivity index (χ0v) is 16.0. The van der Waals surface area contributed by atoms with E-state index >= 15 is 0 Å². The van der Waals surface area contributed by atoms with Crippen molar-refractivity contribution in [2.45, 2.75) is 45.6 Å². The first-order chi connectivity index (χ1) is 12.5. The highest BCUT2D eigenvalue weighted by molar-refractivity contribution is 5.81. The maximum atomic E-state index is 12.3. The van der Waals surface area contributed by atoms with Crippen molar-refractivity contribution >= 4 is 11.7 Å². The van der Waals surface area contributed by atoms with E-state index in [1.807, 2.05) is 20.8 Å². The fraction of sp³-hybridized carbons (Fsp3) is 0.737. The smallest absolute Gasteiger partial charge is 0.251 e. The number of aliphatic hydroxyl groups excluding tert-OH is 1. The van der Waals surface area contributed by atoms with Crippen LogP contribution in [0.5, 0.6) is 0 Å². The number of likely N-dealkylation sites (tertiary alicyclic amines) is 1. The maximum Gasteiger partial charge on any atom is 0.251 e. The standard InChI is InChI=1S/C19H30N4O3/c1-13(2)18(24)19(25)23-6-4-15(5-7-23)16-12-17(21-14(3)20-16)22-8-10-26-11-9-22/h12-13,15,18,24H,4-11H2,1-3H3/t18-/m0/s1. The number of piperidine rings is 1. The van der Waals surface area contributed by atoms with Crippen LogP contribution < -0.4 is 4.90 Å². The molecule has 26 heavy (non-hydrogen) atoms. The van der Waals surface area contributed by atoms with Gasteiger partial charge in [0.05, 0.1) is 13.2 Å². The van der Waals surface area contributed by atoms with Crippen molar-refractivity contribution in [3.8, 4) is 0 Å². The highest BCUT2D eigenvalue weighted by atomic mass is 16.5. The number of nitrogens with zero attached hydrogens (tertiary/aromatic N) is 4. The van der Waals surface area contributed by atoms with Crippen LogP contribution in [0.1, 0.15) is 44.1 Å². The summed E-state index contributed by atoms with van der Waals surface area (Å²) in [6.07, 6.45) is 0.839. The molecule has 7 heteroatoms. The number of rotatable bonds is 4. The van der Waals surface area contributed by atoms with Crippen molar-refractivity contribution < 1.29 is 14.6 Å². The molecule has 0 aliphatic carbocycles. The molecule has 2 aliphatic heterocycles. The van der Waals surface area contributed by atoms with E-state index in [-0.39, 0.29) is 11.8 Å². The van der Waals surface area contributed by atoms with Crippen LogP contribution in [0.4, 0.5) is 5.82 Å². The monoisotopic (exact) mass is 362 g/mol. The molecule has 2 saturated heterocycles. The topological polar surface area (TPSA) is 78.8 Å². The molecule has 0 bridgehead atoms. The Bertz CT molecular complexity index is 623. The van der Waals surface area contributed by atoms with Gasteiger partial charge in [0.1, 0.15) is 17.7 Å². The molecule has 1 amide bonds. The third kappa shape index (κ3) is 4.32. The van der Waals surface area contributed by atoms with Crippen LogP contribution in [0.2, 0.25) is 0 Å². The molecule has 2 fully saturated rings. The first-order valence-electron chi connectivity index (χ1n) is 9.61. The van der Waals surface area contributed by atoms with Gasteiger partial charge in [-0.25, -0.2) is 9.97 Å². The van der Waals surface area contributed by atoms with E-state index in [9.17, 15) is 9.90 Å². The van der Waals surface area contributed by atoms with Crippen molar-refractivity contribution in [3.63, 3.8) is 0 Å². The molecular weight excluding hydrogens is 332 g/mol. The maximum absolute atomic E-state index is 12.3. The van der Waals surface area contributed by atoms with Crippen LogP contribution in [0, 0.1) is 12.8 Å². The molecular formula is C19H30N4O3. The molecule has 0 radical (unpaired) electrons. The SMILES string of the molecule is Cc1nc(C2CCN(C(=O)[C@@H](O)C(C)C)CC2)cc(N2CCOCC2)n1. The van der Waals surface area contributed by atoms with Gasteiger partial charge in [0, 0.05) is 43.9 Å². The molecule has 0 saturated carbocycles. The number of carbonyl (C=O) groups excluding carboxylic acids is 1. The van der Waals surface area contributed by atoms with E-state index in [1.165, 1.54) is 0 Å². The van der Waals surface area contributed by atoms with E-state index in [1.54, 1.807) is 4.90 Å². The lowest BCUT2D eigenvalue weighted by molar-refractivity contribution is -0.143. The fourth-order valence-corrected chi connectivity index (χ4v) is 3.61. The van der Waals surface area contributed by atoms with Crippen molar-refractivity contribution in [1.82, 2.24) is 14.9 Å². The second-order valence-corrected chi connectivity index (χ2v) is 7.59. The predicted molar refractivity (Wildman–Crippen MR) is 99.2 cm³/mol. The minimum atomic E-state index is -0.902. The molecule has 1 N–H and O–H groups in total. The number of aliphatic hydroxyl groups is 1. The van der Waals surface area contributed by atoms with Crippen molar-refractivity contribution in [3.05, 3.63) is 17.6 Å². The van der Waals surface area contributed by atoms with E-state index in [0.29, 0.717) is 19.0 Å². The normalized spacial score (nSPS) is 20.5. The summed E-state index contributed by atoms with van der Waals surface area (Å²) in [6, 6.07) is 2.10. The first-order valence-corrected chi connectivity index (χ1v) is 9.61. The van der Waals surface area contributed by atoms with Gasteiger partial charge in [-0.1, -0.05) is 13.8 Å². The average Bonchev–Trinajstić information content (AvgIpc) is 2.67. The van der Waals surface area contributed by atoms with Crippen LogP contribution in [0.3, 0.4) is 0 Å². The van der Waals surface area contributed by atoms with E-state index < -0.39 is 6.10 Å². The van der Waals surface area contributed by atoms with E-state index in [4.69, 9.17) is 4.74 Å². The van der Waals surface area contributed by atoms with Gasteiger partial charge in [-0.2, -0.15) is 0 Å². The highest BCUT2D eigenvalue weighted by Gasteiger charge is 2.30. The molecule has 1 atom stereocenters. The summed E-state index contributed by atoms with van der Waals surface area (Å²) >= 11 is 0. The van der Waals surface area contributed by atoms with Crippen LogP contribution in [0.15, 0.2) is 6.07 Å². The Hall–Kier alpha value is -1.73. The summed E-state index contributed by atoms with van der Waals surface area (Å²) in [7, 11) is 0. The highest BCUT2D eigenvalue weighted by Crippen LogP contribution is 2.29. The summed E-state index contributed by atoms with van der Waals surface area (Å²) in [4.78, 5) is 25.6. The molecule has 0 aromatic carbocycles. The number of carbonyl (C=O) groups is 1. The molecule has 1 aromatic rings. The molecule has 1 aromatic heterocycles. The van der Waals surface area contributed by atoms with E-state index in [2.05, 4.69) is 20.9 Å². The largest absolute Gasteiger partial charge is 0.383 e. The number of amides is 1. The summed E-state index contributed by atoms with van der Waals surface area (Å²) in [5.41, 5.74) is 1.07. The second-order valence-electron chi connectivity index (χ2n) is 7.59. The third-order valence-electron chi connectivity index (χ3n) is 5.29. The van der Waals surface area contributed by atoms with Crippen LogP contribution >= 0.6 is 0 Å².